The number of hydrogen-bond donors (Lipinski definition) is 0. The second kappa shape index (κ2) is 7.54. The molecular weight excluding hydrogens is 366 g/mol. The van der Waals surface area contributed by atoms with Gasteiger partial charge in [0.15, 0.2) is 12.5 Å². The maximum atomic E-state index is 11.8. The first-order valence-corrected chi connectivity index (χ1v) is 9.15. The number of halogens is 1. The molecule has 2 aromatic heterocycles. The van der Waals surface area contributed by atoms with Gasteiger partial charge < -0.3 is 9.64 Å². The molecule has 1 fully saturated rings. The number of pyridine rings is 1. The Labute approximate surface area is 162 Å². The average Bonchev–Trinajstić information content (AvgIpc) is 3.13. The van der Waals surface area contributed by atoms with Gasteiger partial charge in [0.25, 0.3) is 0 Å². The molecule has 0 saturated carbocycles. The zero-order chi connectivity index (χ0) is 18.8. The molecule has 140 valence electrons. The van der Waals surface area contributed by atoms with Gasteiger partial charge in [0.1, 0.15) is 16.8 Å². The number of methoxy groups -OCH3 is 1. The topological polar surface area (TPSA) is 63.5 Å². The zero-order valence-corrected chi connectivity index (χ0v) is 15.7. The summed E-state index contributed by atoms with van der Waals surface area (Å²) < 4.78 is 7.01. The van der Waals surface area contributed by atoms with Gasteiger partial charge in [-0.25, -0.2) is 4.68 Å². The van der Waals surface area contributed by atoms with Gasteiger partial charge in [-0.05, 0) is 24.3 Å². The Morgan fingerprint density at radius 3 is 2.70 bits per heavy atom. The van der Waals surface area contributed by atoms with Crippen LogP contribution >= 0.6 is 11.6 Å². The second-order valence-electron chi connectivity index (χ2n) is 6.41. The van der Waals surface area contributed by atoms with Crippen LogP contribution in [0, 0.1) is 0 Å². The van der Waals surface area contributed by atoms with E-state index in [0.717, 1.165) is 49.2 Å². The molecule has 8 heteroatoms. The fourth-order valence-electron chi connectivity index (χ4n) is 3.41. The normalized spacial score (nSPS) is 16.4. The molecule has 3 aromatic rings. The molecule has 1 saturated heterocycles. The van der Waals surface area contributed by atoms with E-state index >= 15 is 0 Å². The van der Waals surface area contributed by atoms with Gasteiger partial charge in [-0.1, -0.05) is 11.6 Å². The van der Waals surface area contributed by atoms with Crippen molar-refractivity contribution in [3.05, 3.63) is 47.7 Å². The predicted molar refractivity (Wildman–Crippen MR) is 104 cm³/mol. The highest BCUT2D eigenvalue weighted by Crippen LogP contribution is 2.30. The summed E-state index contributed by atoms with van der Waals surface area (Å²) in [4.78, 5) is 20.5. The monoisotopic (exact) mass is 385 g/mol. The molecule has 0 amide bonds. The SMILES string of the molecule is COc1cc(N2CCN(C(C=O)n3cc4ncccc4n3)CC2)ccc1Cl. The third-order valence-electron chi connectivity index (χ3n) is 4.87. The molecule has 0 radical (unpaired) electrons. The molecule has 0 bridgehead atoms. The smallest absolute Gasteiger partial charge is 0.160 e. The molecule has 0 spiro atoms. The number of rotatable bonds is 5. The molecule has 7 nitrogen and oxygen atoms in total. The van der Waals surface area contributed by atoms with Crippen molar-refractivity contribution >= 4 is 34.6 Å². The molecule has 0 aliphatic carbocycles. The summed E-state index contributed by atoms with van der Waals surface area (Å²) in [6.07, 6.45) is 4.06. The largest absolute Gasteiger partial charge is 0.495 e. The van der Waals surface area contributed by atoms with E-state index in [-0.39, 0.29) is 0 Å². The lowest BCUT2D eigenvalue weighted by molar-refractivity contribution is -0.115. The first kappa shape index (κ1) is 17.8. The number of aldehydes is 1. The summed E-state index contributed by atoms with van der Waals surface area (Å²) in [6.45, 7) is 3.10. The van der Waals surface area contributed by atoms with Gasteiger partial charge in [0.05, 0.1) is 18.3 Å². The summed E-state index contributed by atoms with van der Waals surface area (Å²) in [5.74, 6) is 0.665. The summed E-state index contributed by atoms with van der Waals surface area (Å²) in [5.41, 5.74) is 2.64. The minimum atomic E-state index is -0.430. The Morgan fingerprint density at radius 2 is 2.00 bits per heavy atom. The van der Waals surface area contributed by atoms with Gasteiger partial charge in [-0.3, -0.25) is 14.7 Å². The van der Waals surface area contributed by atoms with Gasteiger partial charge in [-0.15, -0.1) is 0 Å². The van der Waals surface area contributed by atoms with E-state index in [2.05, 4.69) is 19.9 Å². The Kier molecular flexibility index (Phi) is 4.96. The number of carbonyl (C=O) groups is 1. The van der Waals surface area contributed by atoms with Crippen LogP contribution < -0.4 is 9.64 Å². The van der Waals surface area contributed by atoms with Crippen molar-refractivity contribution in [2.75, 3.05) is 38.2 Å². The van der Waals surface area contributed by atoms with Crippen molar-refractivity contribution in [2.45, 2.75) is 6.17 Å². The van der Waals surface area contributed by atoms with Crippen LogP contribution in [0.15, 0.2) is 42.7 Å². The summed E-state index contributed by atoms with van der Waals surface area (Å²) >= 11 is 6.11. The van der Waals surface area contributed by atoms with Crippen molar-refractivity contribution in [1.82, 2.24) is 19.7 Å². The molecule has 1 aliphatic rings. The van der Waals surface area contributed by atoms with Gasteiger partial charge in [0, 0.05) is 44.1 Å². The summed E-state index contributed by atoms with van der Waals surface area (Å²) in [7, 11) is 1.61. The first-order chi connectivity index (χ1) is 13.2. The number of ether oxygens (including phenoxy) is 1. The Morgan fingerprint density at radius 1 is 1.19 bits per heavy atom. The van der Waals surface area contributed by atoms with Crippen LogP contribution in [-0.2, 0) is 4.79 Å². The molecule has 27 heavy (non-hydrogen) atoms. The van der Waals surface area contributed by atoms with Crippen molar-refractivity contribution in [3.63, 3.8) is 0 Å². The molecule has 3 heterocycles. The molecule has 1 unspecified atom stereocenters. The minimum absolute atomic E-state index is 0.430. The highest BCUT2D eigenvalue weighted by molar-refractivity contribution is 6.32. The summed E-state index contributed by atoms with van der Waals surface area (Å²) in [6, 6.07) is 9.52. The molecular formula is C19H20ClN5O2. The number of benzene rings is 1. The quantitative estimate of drug-likeness (QED) is 0.629. The van der Waals surface area contributed by atoms with Crippen molar-refractivity contribution in [1.29, 1.82) is 0 Å². The van der Waals surface area contributed by atoms with E-state index < -0.39 is 6.17 Å². The summed E-state index contributed by atoms with van der Waals surface area (Å²) in [5, 5.41) is 5.10. The number of anilines is 1. The lowest BCUT2D eigenvalue weighted by Crippen LogP contribution is -2.49. The molecule has 0 N–H and O–H groups in total. The number of nitrogens with zero attached hydrogens (tertiary/aromatic N) is 5. The standard InChI is InChI=1S/C19H20ClN5O2/c1-27-18-11-14(4-5-15(18)20)23-7-9-24(10-8-23)19(13-26)25-12-17-16(22-25)3-2-6-21-17/h2-6,11-13,19H,7-10H2,1H3. The van der Waals surface area contributed by atoms with Crippen LogP contribution in [0.25, 0.3) is 11.0 Å². The van der Waals surface area contributed by atoms with E-state index in [9.17, 15) is 4.79 Å². The van der Waals surface area contributed by atoms with E-state index in [1.807, 2.05) is 36.5 Å². The lowest BCUT2D eigenvalue weighted by atomic mass is 10.2. The zero-order valence-electron chi connectivity index (χ0n) is 15.0. The van der Waals surface area contributed by atoms with Crippen LogP contribution in [0.2, 0.25) is 5.02 Å². The first-order valence-electron chi connectivity index (χ1n) is 8.77. The fourth-order valence-corrected chi connectivity index (χ4v) is 3.61. The predicted octanol–water partition coefficient (Wildman–Crippen LogP) is 2.61. The van der Waals surface area contributed by atoms with E-state index in [1.54, 1.807) is 18.0 Å². The van der Waals surface area contributed by atoms with Crippen molar-refractivity contribution in [3.8, 4) is 5.75 Å². The van der Waals surface area contributed by atoms with Crippen LogP contribution in [0.3, 0.4) is 0 Å². The number of aromatic nitrogens is 3. The number of carbonyl (C=O) groups excluding carboxylic acids is 1. The van der Waals surface area contributed by atoms with E-state index in [4.69, 9.17) is 16.3 Å². The minimum Gasteiger partial charge on any atom is -0.495 e. The maximum Gasteiger partial charge on any atom is 0.160 e. The Balaban J connectivity index is 1.48. The van der Waals surface area contributed by atoms with Crippen LogP contribution in [0.5, 0.6) is 5.75 Å². The molecule has 4 rings (SSSR count). The second-order valence-corrected chi connectivity index (χ2v) is 6.82. The van der Waals surface area contributed by atoms with E-state index in [0.29, 0.717) is 10.8 Å². The number of fused-ring (bicyclic) bond motifs is 1. The number of piperazine rings is 1. The van der Waals surface area contributed by atoms with Gasteiger partial charge in [0.2, 0.25) is 0 Å². The van der Waals surface area contributed by atoms with Crippen LogP contribution in [0.4, 0.5) is 5.69 Å². The van der Waals surface area contributed by atoms with Crippen molar-refractivity contribution < 1.29 is 9.53 Å². The van der Waals surface area contributed by atoms with Gasteiger partial charge >= 0.3 is 0 Å². The highest BCUT2D eigenvalue weighted by Gasteiger charge is 2.26. The molecule has 1 aliphatic heterocycles. The third-order valence-corrected chi connectivity index (χ3v) is 5.19. The Bertz CT molecular complexity index is 919. The number of hydrogen-bond acceptors (Lipinski definition) is 6. The van der Waals surface area contributed by atoms with Crippen LogP contribution in [0.1, 0.15) is 6.17 Å². The third kappa shape index (κ3) is 3.48. The highest BCUT2D eigenvalue weighted by atomic mass is 35.5. The van der Waals surface area contributed by atoms with Crippen LogP contribution in [-0.4, -0.2) is 59.2 Å². The van der Waals surface area contributed by atoms with Gasteiger partial charge in [-0.2, -0.15) is 5.10 Å². The van der Waals surface area contributed by atoms with Crippen molar-refractivity contribution in [2.24, 2.45) is 0 Å². The molecule has 1 atom stereocenters. The fraction of sp³-hybridized carbons (Fsp3) is 0.316. The maximum absolute atomic E-state index is 11.8. The average molecular weight is 386 g/mol. The van der Waals surface area contributed by atoms with E-state index in [1.165, 1.54) is 0 Å². The lowest BCUT2D eigenvalue weighted by Gasteiger charge is -2.38. The molecule has 1 aromatic carbocycles. The Hall–Kier alpha value is -2.64.